The molecule has 0 bridgehead atoms. The van der Waals surface area contributed by atoms with Crippen molar-refractivity contribution in [2.24, 2.45) is 5.92 Å². The minimum absolute atomic E-state index is 0.149. The van der Waals surface area contributed by atoms with Crippen molar-refractivity contribution in [3.05, 3.63) is 52.0 Å². The molecule has 2 unspecified atom stereocenters. The number of thiazole rings is 1. The molecule has 0 radical (unpaired) electrons. The van der Waals surface area contributed by atoms with Crippen LogP contribution in [-0.4, -0.2) is 10.1 Å². The summed E-state index contributed by atoms with van der Waals surface area (Å²) in [6.45, 7) is 6.34. The van der Waals surface area contributed by atoms with Crippen LogP contribution in [0.15, 0.2) is 36.5 Å². The standard InChI is InChI=1S/C17H23NOS/c1-4-5-9-13(2)17(19,15-10-7-6-8-11-15)16-18-12-14(3)20-16/h6-8,10-13,19H,4-5,9H2,1-3H3. The van der Waals surface area contributed by atoms with Gasteiger partial charge in [-0.2, -0.15) is 0 Å². The van der Waals surface area contributed by atoms with Gasteiger partial charge in [-0.1, -0.05) is 57.0 Å². The van der Waals surface area contributed by atoms with Gasteiger partial charge in [-0.15, -0.1) is 11.3 Å². The highest BCUT2D eigenvalue weighted by atomic mass is 32.1. The quantitative estimate of drug-likeness (QED) is 0.848. The second-order valence-corrected chi connectivity index (χ2v) is 6.69. The molecule has 3 heteroatoms. The Morgan fingerprint density at radius 2 is 2.00 bits per heavy atom. The number of hydrogen-bond acceptors (Lipinski definition) is 3. The van der Waals surface area contributed by atoms with Crippen LogP contribution >= 0.6 is 11.3 Å². The second-order valence-electron chi connectivity index (χ2n) is 5.45. The molecule has 20 heavy (non-hydrogen) atoms. The molecule has 1 aromatic carbocycles. The Balaban J connectivity index is 2.43. The SMILES string of the molecule is CCCCC(C)C(O)(c1ccccc1)c1ncc(C)s1. The lowest BCUT2D eigenvalue weighted by Crippen LogP contribution is -2.34. The maximum atomic E-state index is 11.4. The van der Waals surface area contributed by atoms with Crippen molar-refractivity contribution < 1.29 is 5.11 Å². The molecule has 0 spiro atoms. The maximum absolute atomic E-state index is 11.4. The van der Waals surface area contributed by atoms with Gasteiger partial charge in [0.15, 0.2) is 0 Å². The van der Waals surface area contributed by atoms with Gasteiger partial charge in [-0.05, 0) is 24.8 Å². The highest BCUT2D eigenvalue weighted by molar-refractivity contribution is 7.11. The van der Waals surface area contributed by atoms with Gasteiger partial charge >= 0.3 is 0 Å². The minimum atomic E-state index is -0.977. The maximum Gasteiger partial charge on any atom is 0.143 e. The first kappa shape index (κ1) is 15.2. The molecule has 0 fully saturated rings. The van der Waals surface area contributed by atoms with Crippen LogP contribution in [0.2, 0.25) is 0 Å². The largest absolute Gasteiger partial charge is 0.378 e. The van der Waals surface area contributed by atoms with Crippen LogP contribution in [0.25, 0.3) is 0 Å². The van der Waals surface area contributed by atoms with Crippen molar-refractivity contribution in [1.29, 1.82) is 0 Å². The second kappa shape index (κ2) is 6.51. The Morgan fingerprint density at radius 1 is 1.30 bits per heavy atom. The number of aryl methyl sites for hydroxylation is 1. The molecule has 2 nitrogen and oxygen atoms in total. The van der Waals surface area contributed by atoms with Gasteiger partial charge in [-0.25, -0.2) is 4.98 Å². The zero-order chi connectivity index (χ0) is 14.6. The summed E-state index contributed by atoms with van der Waals surface area (Å²) in [7, 11) is 0. The predicted octanol–water partition coefficient (Wildman–Crippen LogP) is 4.51. The third-order valence-electron chi connectivity index (χ3n) is 3.87. The van der Waals surface area contributed by atoms with E-state index in [1.165, 1.54) is 0 Å². The Labute approximate surface area is 125 Å². The molecule has 1 N–H and O–H groups in total. The van der Waals surface area contributed by atoms with Gasteiger partial charge in [-0.3, -0.25) is 0 Å². The lowest BCUT2D eigenvalue weighted by atomic mass is 9.80. The average Bonchev–Trinajstić information content (AvgIpc) is 2.91. The molecule has 0 aliphatic heterocycles. The smallest absolute Gasteiger partial charge is 0.143 e. The molecule has 0 saturated carbocycles. The van der Waals surface area contributed by atoms with E-state index in [2.05, 4.69) is 18.8 Å². The zero-order valence-electron chi connectivity index (χ0n) is 12.5. The van der Waals surface area contributed by atoms with Crippen LogP contribution in [0.5, 0.6) is 0 Å². The van der Waals surface area contributed by atoms with Crippen LogP contribution in [0, 0.1) is 12.8 Å². The Kier molecular flexibility index (Phi) is 4.95. The van der Waals surface area contributed by atoms with Crippen LogP contribution in [0.1, 0.15) is 48.6 Å². The third-order valence-corrected chi connectivity index (χ3v) is 4.90. The Hall–Kier alpha value is -1.19. The van der Waals surface area contributed by atoms with Crippen LogP contribution in [0.4, 0.5) is 0 Å². The fourth-order valence-corrected chi connectivity index (χ4v) is 3.55. The van der Waals surface area contributed by atoms with Crippen LogP contribution in [-0.2, 0) is 5.60 Å². The summed E-state index contributed by atoms with van der Waals surface area (Å²) in [4.78, 5) is 5.60. The van der Waals surface area contributed by atoms with Gasteiger partial charge in [0, 0.05) is 11.1 Å². The summed E-state index contributed by atoms with van der Waals surface area (Å²) in [6.07, 6.45) is 5.12. The number of benzene rings is 1. The number of nitrogens with zero attached hydrogens (tertiary/aromatic N) is 1. The van der Waals surface area contributed by atoms with E-state index in [9.17, 15) is 5.11 Å². The highest BCUT2D eigenvalue weighted by Crippen LogP contribution is 2.40. The Morgan fingerprint density at radius 3 is 2.55 bits per heavy atom. The van der Waals surface area contributed by atoms with Gasteiger partial charge in [0.05, 0.1) is 0 Å². The Bertz CT molecular complexity index is 537. The number of aliphatic hydroxyl groups is 1. The monoisotopic (exact) mass is 289 g/mol. The fraction of sp³-hybridized carbons (Fsp3) is 0.471. The van der Waals surface area contributed by atoms with E-state index < -0.39 is 5.60 Å². The number of unbranched alkanes of at least 4 members (excludes halogenated alkanes) is 1. The lowest BCUT2D eigenvalue weighted by Gasteiger charge is -2.33. The van der Waals surface area contributed by atoms with E-state index >= 15 is 0 Å². The molecule has 0 amide bonds. The summed E-state index contributed by atoms with van der Waals surface area (Å²) in [5.74, 6) is 0.149. The van der Waals surface area contributed by atoms with E-state index in [1.54, 1.807) is 11.3 Å². The highest BCUT2D eigenvalue weighted by Gasteiger charge is 2.39. The molecule has 108 valence electrons. The van der Waals surface area contributed by atoms with Crippen molar-refractivity contribution in [1.82, 2.24) is 4.98 Å². The molecule has 0 aliphatic carbocycles. The number of aromatic nitrogens is 1. The molecule has 2 atom stereocenters. The summed E-state index contributed by atoms with van der Waals surface area (Å²) in [5, 5.41) is 12.2. The molecular formula is C17H23NOS. The summed E-state index contributed by atoms with van der Waals surface area (Å²) in [5.41, 5.74) is -0.0343. The minimum Gasteiger partial charge on any atom is -0.378 e. The van der Waals surface area contributed by atoms with E-state index in [0.29, 0.717) is 0 Å². The fourth-order valence-electron chi connectivity index (χ4n) is 2.56. The van der Waals surface area contributed by atoms with Gasteiger partial charge in [0.1, 0.15) is 10.6 Å². The molecule has 2 aromatic rings. The first-order valence-electron chi connectivity index (χ1n) is 7.29. The normalized spacial score (nSPS) is 15.8. The van der Waals surface area contributed by atoms with Gasteiger partial charge in [0.25, 0.3) is 0 Å². The lowest BCUT2D eigenvalue weighted by molar-refractivity contribution is 0.0191. The molecular weight excluding hydrogens is 266 g/mol. The summed E-state index contributed by atoms with van der Waals surface area (Å²) >= 11 is 1.59. The van der Waals surface area contributed by atoms with Crippen molar-refractivity contribution in [2.75, 3.05) is 0 Å². The molecule has 0 aliphatic rings. The van der Waals surface area contributed by atoms with Gasteiger partial charge in [0.2, 0.25) is 0 Å². The van der Waals surface area contributed by atoms with E-state index in [-0.39, 0.29) is 5.92 Å². The average molecular weight is 289 g/mol. The van der Waals surface area contributed by atoms with Crippen LogP contribution < -0.4 is 0 Å². The van der Waals surface area contributed by atoms with Gasteiger partial charge < -0.3 is 5.11 Å². The van der Waals surface area contributed by atoms with Crippen molar-refractivity contribution >= 4 is 11.3 Å². The van der Waals surface area contributed by atoms with Crippen molar-refractivity contribution in [3.63, 3.8) is 0 Å². The van der Waals surface area contributed by atoms with E-state index in [4.69, 9.17) is 0 Å². The first-order valence-corrected chi connectivity index (χ1v) is 8.11. The van der Waals surface area contributed by atoms with Crippen LogP contribution in [0.3, 0.4) is 0 Å². The zero-order valence-corrected chi connectivity index (χ0v) is 13.3. The molecule has 2 rings (SSSR count). The van der Waals surface area contributed by atoms with E-state index in [0.717, 1.165) is 34.7 Å². The number of rotatable bonds is 6. The van der Waals surface area contributed by atoms with Crippen molar-refractivity contribution in [3.8, 4) is 0 Å². The topological polar surface area (TPSA) is 33.1 Å². The molecule has 1 aromatic heterocycles. The predicted molar refractivity (Wildman–Crippen MR) is 85.0 cm³/mol. The van der Waals surface area contributed by atoms with Crippen molar-refractivity contribution in [2.45, 2.75) is 45.6 Å². The summed E-state index contributed by atoms with van der Waals surface area (Å²) in [6, 6.07) is 9.94. The number of hydrogen-bond donors (Lipinski definition) is 1. The summed E-state index contributed by atoms with van der Waals surface area (Å²) < 4.78 is 0. The third kappa shape index (κ3) is 2.94. The molecule has 1 heterocycles. The first-order chi connectivity index (χ1) is 9.59. The molecule has 0 saturated heterocycles. The van der Waals surface area contributed by atoms with E-state index in [1.807, 2.05) is 43.5 Å².